The summed E-state index contributed by atoms with van der Waals surface area (Å²) in [7, 11) is 3.90. The van der Waals surface area contributed by atoms with Crippen LogP contribution >= 0.6 is 23.1 Å². The average Bonchev–Trinajstić information content (AvgIpc) is 1.65. The molecule has 0 spiro atoms. The van der Waals surface area contributed by atoms with Crippen LogP contribution in [0.4, 0.5) is 22.7 Å². The molecule has 0 atom stereocenters. The molecule has 8 heterocycles. The Bertz CT molecular complexity index is 9250. The van der Waals surface area contributed by atoms with Gasteiger partial charge < -0.3 is 30.9 Å². The lowest BCUT2D eigenvalue weighted by atomic mass is 9.86. The van der Waals surface area contributed by atoms with Crippen molar-refractivity contribution in [1.82, 2.24) is 70.5 Å². The van der Waals surface area contributed by atoms with Crippen molar-refractivity contribution in [3.05, 3.63) is 380 Å². The van der Waals surface area contributed by atoms with Crippen molar-refractivity contribution in [3.8, 4) is 84.6 Å². The van der Waals surface area contributed by atoms with Gasteiger partial charge in [-0.1, -0.05) is 230 Å². The molecule has 7 aromatic heterocycles. The van der Waals surface area contributed by atoms with E-state index in [0.29, 0.717) is 73.3 Å². The summed E-state index contributed by atoms with van der Waals surface area (Å²) in [4.78, 5) is 105. The summed E-state index contributed by atoms with van der Waals surface area (Å²) < 4.78 is 11.5. The minimum absolute atomic E-state index is 0.00130. The van der Waals surface area contributed by atoms with Crippen molar-refractivity contribution >= 4 is 168 Å². The van der Waals surface area contributed by atoms with E-state index in [-0.39, 0.29) is 46.4 Å². The summed E-state index contributed by atoms with van der Waals surface area (Å²) in [5.41, 5.74) is 36.5. The second kappa shape index (κ2) is 36.4. The molecule has 1 saturated heterocycles. The van der Waals surface area contributed by atoms with Crippen molar-refractivity contribution in [3.63, 3.8) is 0 Å². The van der Waals surface area contributed by atoms with Gasteiger partial charge in [-0.25, -0.2) is 0 Å². The molecule has 0 bridgehead atoms. The summed E-state index contributed by atoms with van der Waals surface area (Å²) in [6.07, 6.45) is 3.94. The largest absolute Gasteiger partial charge is 0.488 e. The number of carbonyl (C=O) groups excluding carboxylic acids is 8. The molecule has 29 heteroatoms. The third-order valence-electron chi connectivity index (χ3n) is 27.6. The summed E-state index contributed by atoms with van der Waals surface area (Å²) in [5.74, 6) is 0.493. The van der Waals surface area contributed by atoms with Crippen LogP contribution in [-0.4, -0.2) is 157 Å². The highest BCUT2D eigenvalue weighted by molar-refractivity contribution is 7.13. The van der Waals surface area contributed by atoms with E-state index in [4.69, 9.17) is 22.1 Å². The van der Waals surface area contributed by atoms with Crippen molar-refractivity contribution in [2.24, 2.45) is 0 Å². The van der Waals surface area contributed by atoms with Crippen molar-refractivity contribution in [2.75, 3.05) is 61.5 Å². The van der Waals surface area contributed by atoms with Gasteiger partial charge in [-0.05, 0) is 122 Å². The lowest BCUT2D eigenvalue weighted by Crippen LogP contribution is -2.33. The fraction of sp³-hybridized carbons (Fsp3) is 0.0948. The van der Waals surface area contributed by atoms with Gasteiger partial charge in [0.15, 0.2) is 40.5 Å². The van der Waals surface area contributed by atoms with E-state index in [1.165, 1.54) is 50.8 Å². The number of ether oxygens (including phenoxy) is 1. The van der Waals surface area contributed by atoms with Gasteiger partial charge >= 0.3 is 0 Å². The van der Waals surface area contributed by atoms with Crippen molar-refractivity contribution < 1.29 is 43.1 Å². The van der Waals surface area contributed by atoms with Crippen molar-refractivity contribution in [2.45, 2.75) is 32.8 Å². The maximum Gasteiger partial charge on any atom is 0.221 e. The number of likely N-dealkylation sites (tertiary alicyclic amines) is 1. The Labute approximate surface area is 834 Å². The molecule has 0 saturated carbocycles. The second-order valence-electron chi connectivity index (χ2n) is 36.3. The van der Waals surface area contributed by atoms with Crippen LogP contribution in [0.2, 0.25) is 5.02 Å². The first-order valence-electron chi connectivity index (χ1n) is 47.3. The van der Waals surface area contributed by atoms with Crippen LogP contribution in [0.1, 0.15) is 143 Å². The first kappa shape index (κ1) is 89.3. The zero-order chi connectivity index (χ0) is 98.7. The third-order valence-corrected chi connectivity index (χ3v) is 28.7. The number of nitrogens with zero attached hydrogens (tertiary/aromatic N) is 9. The lowest BCUT2D eigenvalue weighted by molar-refractivity contribution is -0.114. The molecule has 1 fully saturated rings. The van der Waals surface area contributed by atoms with Crippen LogP contribution in [0.5, 0.6) is 5.75 Å². The number of piperidine rings is 1. The Kier molecular flexibility index (Phi) is 22.4. The quantitative estimate of drug-likeness (QED) is 0.0606. The summed E-state index contributed by atoms with van der Waals surface area (Å²) in [5, 5.41) is 57.3. The van der Waals surface area contributed by atoms with Crippen LogP contribution in [0, 0.1) is 0 Å². The molecular formula is C116H83ClN18O9S. The standard InChI is InChI=1S/C21H22N4O.C21H14N2O2.C16H11N3O2.C16H13N3O.C14H7ClN2O.C14H8N2OS.C14H8N2O/c26-21-15-7-3-2-6-14(15)20-18-17(23-24-20)9-8-16(19(18)21)22-10-13-25-11-4-1-5-12-25;24-21-15-9-4-10-16-18(15)20(23-22-16)14-8-5-11-17(19(14)21)25-12-13-6-2-1-3-7-13;1-8(20)17-11-6-7-12-13-14(11)16(21)10-5-3-2-4-9(10)15(13)19-18-12;1-19(2)12-8-7-11-13-14(12)16(20)10-6-4-3-5-9(10)15(13)18-17-11;15-9-5-1-3-7-11(9)14(18)8-4-2-6-10-12(8)13(7)17-16-10;15-9-5-6-10-12-11(9)14(17)8-4-2-1-3-7(8)13(12)16-18-10;17-14-9-5-2-1-4-8(9)13-12-10(14)6-3-7-11(12)15-16-13/h2-3,6-9,22H,1,4-5,10-13H2,(H,23,24);1-11H,12H2,(H,22,23);2-7H,1H3,(H,17,20)(H,18,19);3-8H,1-2H3,(H,17,18);1-6H,(H,16,17);1-6H,15H2;1-7H,(H,15,16). The van der Waals surface area contributed by atoms with E-state index in [0.717, 1.165) is 218 Å². The average molecular weight is 1940 g/mol. The Morgan fingerprint density at radius 3 is 1.23 bits per heavy atom. The van der Waals surface area contributed by atoms with E-state index >= 15 is 0 Å². The fourth-order valence-corrected chi connectivity index (χ4v) is 22.0. The van der Waals surface area contributed by atoms with E-state index in [1.807, 2.05) is 286 Å². The van der Waals surface area contributed by atoms with Gasteiger partial charge in [0.2, 0.25) is 5.91 Å². The van der Waals surface area contributed by atoms with E-state index in [2.05, 4.69) is 81.1 Å². The smallest absolute Gasteiger partial charge is 0.221 e. The summed E-state index contributed by atoms with van der Waals surface area (Å²) >= 11 is 7.56. The number of aromatic nitrogens is 13. The summed E-state index contributed by atoms with van der Waals surface area (Å²) in [6, 6.07) is 91.1. The molecule has 27 nitrogen and oxygen atoms in total. The molecule has 0 unspecified atom stereocenters. The van der Waals surface area contributed by atoms with Crippen LogP contribution in [0.15, 0.2) is 291 Å². The first-order chi connectivity index (χ1) is 70.9. The number of aromatic amines is 6. The van der Waals surface area contributed by atoms with E-state index in [9.17, 15) is 38.4 Å². The van der Waals surface area contributed by atoms with Gasteiger partial charge in [-0.15, -0.1) is 0 Å². The zero-order valence-corrected chi connectivity index (χ0v) is 79.5. The molecule has 30 rings (SSSR count). The Balaban J connectivity index is 0.0000000913. The minimum atomic E-state index is -0.206. The number of fused-ring (bicyclic) bond motifs is 14. The maximum absolute atomic E-state index is 13.2. The maximum atomic E-state index is 13.2. The Morgan fingerprint density at radius 2 is 0.731 bits per heavy atom. The monoisotopic (exact) mass is 1940 g/mol. The molecule has 145 heavy (non-hydrogen) atoms. The molecule has 1 amide bonds. The Morgan fingerprint density at radius 1 is 0.359 bits per heavy atom. The van der Waals surface area contributed by atoms with Gasteiger partial charge in [0, 0.05) is 172 Å². The molecule has 8 aliphatic rings. The number of nitrogen functional groups attached to an aromatic ring is 1. The first-order valence-corrected chi connectivity index (χ1v) is 48.5. The topological polar surface area (TPSA) is 387 Å². The van der Waals surface area contributed by atoms with Gasteiger partial charge in [-0.3, -0.25) is 68.9 Å². The fourth-order valence-electron chi connectivity index (χ4n) is 21.0. The van der Waals surface area contributed by atoms with Gasteiger partial charge in [0.1, 0.15) is 46.5 Å². The molecule has 22 aromatic rings. The van der Waals surface area contributed by atoms with Gasteiger partial charge in [0.25, 0.3) is 0 Å². The molecular weight excluding hydrogens is 1860 g/mol. The lowest BCUT2D eigenvalue weighted by Gasteiger charge is -2.27. The minimum Gasteiger partial charge on any atom is -0.488 e. The Hall–Kier alpha value is -18.4. The van der Waals surface area contributed by atoms with E-state index in [1.54, 1.807) is 24.3 Å². The van der Waals surface area contributed by atoms with Gasteiger partial charge in [0.05, 0.1) is 87.6 Å². The number of anilines is 4. The van der Waals surface area contributed by atoms with Crippen LogP contribution in [0.25, 0.3) is 154 Å². The normalized spacial score (nSPS) is 13.3. The number of benzene rings is 15. The van der Waals surface area contributed by atoms with Crippen LogP contribution < -0.4 is 26.0 Å². The number of nitrogens with one attached hydrogen (secondary N) is 8. The second-order valence-corrected chi connectivity index (χ2v) is 37.5. The molecule has 7 aliphatic carbocycles. The highest BCUT2D eigenvalue weighted by atomic mass is 35.5. The zero-order valence-electron chi connectivity index (χ0n) is 77.9. The molecule has 1 aliphatic heterocycles. The number of carbonyl (C=O) groups is 8. The predicted octanol–water partition coefficient (Wildman–Crippen LogP) is 22.9. The number of nitrogens with two attached hydrogens (primary N) is 1. The molecule has 704 valence electrons. The number of ketones is 7. The summed E-state index contributed by atoms with van der Waals surface area (Å²) in [6.45, 7) is 6.08. The number of halogens is 1. The molecule has 10 N–H and O–H groups in total. The predicted molar refractivity (Wildman–Crippen MR) is 566 cm³/mol. The number of rotatable bonds is 9. The number of H-pyrrole nitrogens is 6. The number of hydrogen-bond acceptors (Lipinski definition) is 21. The highest BCUT2D eigenvalue weighted by Gasteiger charge is 2.38. The van der Waals surface area contributed by atoms with Crippen LogP contribution in [-0.2, 0) is 11.4 Å². The molecule has 15 aromatic carbocycles. The number of hydrogen-bond donors (Lipinski definition) is 9. The molecule has 0 radical (unpaired) electrons. The third kappa shape index (κ3) is 15.1. The van der Waals surface area contributed by atoms with Crippen molar-refractivity contribution in [1.29, 1.82) is 0 Å². The van der Waals surface area contributed by atoms with E-state index < -0.39 is 0 Å². The van der Waals surface area contributed by atoms with Gasteiger partial charge in [-0.2, -0.15) is 35.0 Å². The van der Waals surface area contributed by atoms with Crippen LogP contribution in [0.3, 0.4) is 0 Å². The number of amides is 1. The highest BCUT2D eigenvalue weighted by Crippen LogP contribution is 2.50. The SMILES string of the molecule is CC(=O)Nc1ccc2[nH]nc3c2c1C(=O)c1ccccc1-3.CN(C)c1ccc2[nH]nc3c2c1C(=O)c1ccccc1-3.Nc1ccc2snc3c2c1C(=O)c1ccccc1-3.O=C1c2c(Cl)cccc2-c2n[nH]c3cccc1c23.O=C1c2c(OCc3ccccc3)cccc2-c2n[nH]c3cccc1c23.O=C1c2ccccc2-c2n[nH]c3ccc(NCCN4CCCCC4)c1c23.O=C1c2ccccc2-c2n[nH]c3cccc1c23.